The van der Waals surface area contributed by atoms with Gasteiger partial charge in [-0.2, -0.15) is 0 Å². The fourth-order valence-corrected chi connectivity index (χ4v) is 2.30. The molecule has 0 aliphatic rings. The van der Waals surface area contributed by atoms with Crippen LogP contribution < -0.4 is 0 Å². The summed E-state index contributed by atoms with van der Waals surface area (Å²) in [5, 5.41) is 1.86. The molecule has 0 saturated heterocycles. The van der Waals surface area contributed by atoms with Gasteiger partial charge in [0.05, 0.1) is 0 Å². The van der Waals surface area contributed by atoms with E-state index in [0.29, 0.717) is 5.76 Å². The van der Waals surface area contributed by atoms with Crippen LogP contribution in [0.25, 0.3) is 11.0 Å². The molecule has 0 fully saturated rings. The second kappa shape index (κ2) is 6.24. The maximum atomic E-state index is 12.5. The number of nitrogens with zero attached hydrogens (tertiary/aromatic N) is 1. The predicted molar refractivity (Wildman–Crippen MR) is 80.8 cm³/mol. The molecular formula is C15H18BrNO2. The van der Waals surface area contributed by atoms with E-state index in [2.05, 4.69) is 15.9 Å². The summed E-state index contributed by atoms with van der Waals surface area (Å²) < 4.78 is 5.64. The van der Waals surface area contributed by atoms with Gasteiger partial charge in [-0.1, -0.05) is 34.1 Å². The summed E-state index contributed by atoms with van der Waals surface area (Å²) >= 11 is 3.40. The summed E-state index contributed by atoms with van der Waals surface area (Å²) in [6.45, 7) is 4.78. The molecule has 0 radical (unpaired) electrons. The molecule has 0 spiro atoms. The van der Waals surface area contributed by atoms with Gasteiger partial charge in [-0.15, -0.1) is 0 Å². The van der Waals surface area contributed by atoms with Crippen molar-refractivity contribution >= 4 is 32.8 Å². The molecule has 0 aliphatic carbocycles. The zero-order chi connectivity index (χ0) is 13.8. The van der Waals surface area contributed by atoms with Crippen molar-refractivity contribution < 1.29 is 9.21 Å². The van der Waals surface area contributed by atoms with E-state index in [9.17, 15) is 4.79 Å². The molecule has 0 N–H and O–H groups in total. The molecule has 4 heteroatoms. The first kappa shape index (κ1) is 14.1. The summed E-state index contributed by atoms with van der Waals surface area (Å²) in [7, 11) is 0. The first-order valence-corrected chi connectivity index (χ1v) is 7.61. The van der Waals surface area contributed by atoms with Crippen LogP contribution in [0.2, 0.25) is 0 Å². The average molecular weight is 324 g/mol. The van der Waals surface area contributed by atoms with Crippen LogP contribution in [0.3, 0.4) is 0 Å². The van der Waals surface area contributed by atoms with Crippen LogP contribution in [0, 0.1) is 0 Å². The van der Waals surface area contributed by atoms with E-state index in [-0.39, 0.29) is 11.9 Å². The van der Waals surface area contributed by atoms with Crippen LogP contribution in [-0.4, -0.2) is 28.7 Å². The van der Waals surface area contributed by atoms with Crippen LogP contribution in [-0.2, 0) is 0 Å². The zero-order valence-electron chi connectivity index (χ0n) is 11.2. The van der Waals surface area contributed by atoms with E-state index in [1.807, 2.05) is 49.1 Å². The maximum Gasteiger partial charge on any atom is 0.289 e. The van der Waals surface area contributed by atoms with Gasteiger partial charge in [0.2, 0.25) is 0 Å². The standard InChI is InChI=1S/C15H18BrNO2/c1-11(2)17(9-5-8-16)15(18)14-10-12-6-3-4-7-13(12)19-14/h3-4,6-7,10-11H,5,8-9H2,1-2H3. The van der Waals surface area contributed by atoms with Gasteiger partial charge in [0.25, 0.3) is 5.91 Å². The van der Waals surface area contributed by atoms with Gasteiger partial charge in [0.15, 0.2) is 5.76 Å². The average Bonchev–Trinajstić information content (AvgIpc) is 2.82. The molecule has 102 valence electrons. The summed E-state index contributed by atoms with van der Waals surface area (Å²) in [6.07, 6.45) is 0.935. The minimum Gasteiger partial charge on any atom is -0.451 e. The highest BCUT2D eigenvalue weighted by molar-refractivity contribution is 9.09. The Labute approximate surface area is 121 Å². The predicted octanol–water partition coefficient (Wildman–Crippen LogP) is 4.07. The second-order valence-electron chi connectivity index (χ2n) is 4.78. The molecule has 0 saturated carbocycles. The van der Waals surface area contributed by atoms with Crippen molar-refractivity contribution in [3.63, 3.8) is 0 Å². The molecule has 2 aromatic rings. The molecule has 1 amide bonds. The number of fused-ring (bicyclic) bond motifs is 1. The number of alkyl halides is 1. The van der Waals surface area contributed by atoms with E-state index in [0.717, 1.165) is 29.3 Å². The number of para-hydroxylation sites is 1. The van der Waals surface area contributed by atoms with E-state index < -0.39 is 0 Å². The summed E-state index contributed by atoms with van der Waals surface area (Å²) in [5.74, 6) is 0.386. The van der Waals surface area contributed by atoms with Gasteiger partial charge in [0.1, 0.15) is 5.58 Å². The number of hydrogen-bond donors (Lipinski definition) is 0. The van der Waals surface area contributed by atoms with E-state index >= 15 is 0 Å². The first-order valence-electron chi connectivity index (χ1n) is 6.49. The maximum absolute atomic E-state index is 12.5. The fraction of sp³-hybridized carbons (Fsp3) is 0.400. The number of carbonyl (C=O) groups is 1. The molecule has 0 bridgehead atoms. The third-order valence-electron chi connectivity index (χ3n) is 3.05. The van der Waals surface area contributed by atoms with Gasteiger partial charge in [0, 0.05) is 23.3 Å². The van der Waals surface area contributed by atoms with Crippen LogP contribution >= 0.6 is 15.9 Å². The Morgan fingerprint density at radius 1 is 1.37 bits per heavy atom. The quantitative estimate of drug-likeness (QED) is 0.777. The van der Waals surface area contributed by atoms with Gasteiger partial charge >= 0.3 is 0 Å². The van der Waals surface area contributed by atoms with Gasteiger partial charge in [-0.25, -0.2) is 0 Å². The number of hydrogen-bond acceptors (Lipinski definition) is 2. The highest BCUT2D eigenvalue weighted by Gasteiger charge is 2.21. The Balaban J connectivity index is 2.25. The Morgan fingerprint density at radius 3 is 2.74 bits per heavy atom. The van der Waals surface area contributed by atoms with Crippen LogP contribution in [0.1, 0.15) is 30.8 Å². The monoisotopic (exact) mass is 323 g/mol. The normalized spacial score (nSPS) is 11.2. The highest BCUT2D eigenvalue weighted by atomic mass is 79.9. The van der Waals surface area contributed by atoms with Crippen LogP contribution in [0.4, 0.5) is 0 Å². The van der Waals surface area contributed by atoms with Crippen molar-refractivity contribution in [2.75, 3.05) is 11.9 Å². The Hall–Kier alpha value is -1.29. The third kappa shape index (κ3) is 3.18. The SMILES string of the molecule is CC(C)N(CCCBr)C(=O)c1cc2ccccc2o1. The molecular weight excluding hydrogens is 306 g/mol. The number of carbonyl (C=O) groups excluding carboxylic acids is 1. The number of amides is 1. The first-order chi connectivity index (χ1) is 9.13. The number of benzene rings is 1. The summed E-state index contributed by atoms with van der Waals surface area (Å²) in [6, 6.07) is 9.67. The largest absolute Gasteiger partial charge is 0.451 e. The van der Waals surface area contributed by atoms with Crippen molar-refractivity contribution in [1.29, 1.82) is 0 Å². The lowest BCUT2D eigenvalue weighted by atomic mass is 10.2. The van der Waals surface area contributed by atoms with Crippen molar-refractivity contribution in [3.8, 4) is 0 Å². The van der Waals surface area contributed by atoms with Gasteiger partial charge in [-0.3, -0.25) is 4.79 Å². The number of rotatable bonds is 5. The summed E-state index contributed by atoms with van der Waals surface area (Å²) in [5.41, 5.74) is 0.759. The molecule has 1 aromatic heterocycles. The Bertz CT molecular complexity index is 529. The van der Waals surface area contributed by atoms with Crippen molar-refractivity contribution in [2.45, 2.75) is 26.3 Å². The molecule has 0 unspecified atom stereocenters. The third-order valence-corrected chi connectivity index (χ3v) is 3.61. The second-order valence-corrected chi connectivity index (χ2v) is 5.58. The lowest BCUT2D eigenvalue weighted by Crippen LogP contribution is -2.37. The van der Waals surface area contributed by atoms with Crippen molar-refractivity contribution in [1.82, 2.24) is 4.90 Å². The van der Waals surface area contributed by atoms with E-state index in [1.165, 1.54) is 0 Å². The molecule has 3 nitrogen and oxygen atoms in total. The van der Waals surface area contributed by atoms with Gasteiger partial charge < -0.3 is 9.32 Å². The molecule has 0 aliphatic heterocycles. The van der Waals surface area contributed by atoms with E-state index in [4.69, 9.17) is 4.42 Å². The molecule has 19 heavy (non-hydrogen) atoms. The lowest BCUT2D eigenvalue weighted by molar-refractivity contribution is 0.0676. The molecule has 1 aromatic carbocycles. The Kier molecular flexibility index (Phi) is 4.64. The summed E-state index contributed by atoms with van der Waals surface area (Å²) in [4.78, 5) is 14.3. The number of halogens is 1. The fourth-order valence-electron chi connectivity index (χ4n) is 2.05. The molecule has 1 heterocycles. The molecule has 2 rings (SSSR count). The zero-order valence-corrected chi connectivity index (χ0v) is 12.8. The molecule has 0 atom stereocenters. The minimum atomic E-state index is -0.0350. The Morgan fingerprint density at radius 2 is 2.11 bits per heavy atom. The topological polar surface area (TPSA) is 33.5 Å². The van der Waals surface area contributed by atoms with Gasteiger partial charge in [-0.05, 0) is 32.4 Å². The number of furan rings is 1. The highest BCUT2D eigenvalue weighted by Crippen LogP contribution is 2.20. The lowest BCUT2D eigenvalue weighted by Gasteiger charge is -2.25. The smallest absolute Gasteiger partial charge is 0.289 e. The minimum absolute atomic E-state index is 0.0350. The van der Waals surface area contributed by atoms with E-state index in [1.54, 1.807) is 0 Å². The van der Waals surface area contributed by atoms with Crippen molar-refractivity contribution in [2.24, 2.45) is 0 Å². The van der Waals surface area contributed by atoms with Crippen LogP contribution in [0.5, 0.6) is 0 Å². The van der Waals surface area contributed by atoms with Crippen molar-refractivity contribution in [3.05, 3.63) is 36.1 Å². The van der Waals surface area contributed by atoms with Crippen LogP contribution in [0.15, 0.2) is 34.7 Å².